The number of hydrogen-bond donors (Lipinski definition) is 1. The Bertz CT molecular complexity index is 391. The molecule has 1 rings (SSSR count). The Balaban J connectivity index is 2.85. The van der Waals surface area contributed by atoms with Crippen LogP contribution in [0.2, 0.25) is 0 Å². The fraction of sp³-hybridized carbons (Fsp3) is 0.462. The van der Waals surface area contributed by atoms with Crippen molar-refractivity contribution in [3.8, 4) is 5.75 Å². The van der Waals surface area contributed by atoms with Gasteiger partial charge < -0.3 is 10.1 Å². The van der Waals surface area contributed by atoms with Gasteiger partial charge in [0.25, 0.3) is 0 Å². The quantitative estimate of drug-likeness (QED) is 0.845. The van der Waals surface area contributed by atoms with Gasteiger partial charge in [-0.1, -0.05) is 28.9 Å². The average Bonchev–Trinajstić information content (AvgIpc) is 2.29. The van der Waals surface area contributed by atoms with Gasteiger partial charge in [-0.15, -0.1) is 0 Å². The van der Waals surface area contributed by atoms with Gasteiger partial charge in [0.05, 0.1) is 17.1 Å². The maximum atomic E-state index is 11.6. The van der Waals surface area contributed by atoms with Gasteiger partial charge in [-0.05, 0) is 38.0 Å². The van der Waals surface area contributed by atoms with E-state index in [-0.39, 0.29) is 10.7 Å². The second-order valence-corrected chi connectivity index (χ2v) is 5.33. The monoisotopic (exact) mass is 299 g/mol. The number of rotatable bonds is 5. The Labute approximate surface area is 111 Å². The molecule has 1 aromatic carbocycles. The average molecular weight is 300 g/mol. The molecule has 0 saturated carbocycles. The van der Waals surface area contributed by atoms with Crippen LogP contribution in [0, 0.1) is 6.92 Å². The van der Waals surface area contributed by atoms with Crippen LogP contribution in [-0.4, -0.2) is 17.3 Å². The molecule has 1 aromatic rings. The van der Waals surface area contributed by atoms with Gasteiger partial charge in [0, 0.05) is 0 Å². The number of alkyl halides is 1. The van der Waals surface area contributed by atoms with E-state index in [0.717, 1.165) is 23.4 Å². The fourth-order valence-corrected chi connectivity index (χ4v) is 1.41. The van der Waals surface area contributed by atoms with Crippen LogP contribution in [0.1, 0.15) is 25.8 Å². The first kappa shape index (κ1) is 14.0. The number of carbonyl (C=O) groups is 1. The molecular weight excluding hydrogens is 282 g/mol. The largest absolute Gasteiger partial charge is 0.491 e. The molecule has 0 aliphatic carbocycles. The van der Waals surface area contributed by atoms with Crippen LogP contribution in [0.15, 0.2) is 18.2 Å². The van der Waals surface area contributed by atoms with Crippen molar-refractivity contribution in [2.24, 2.45) is 0 Å². The molecule has 1 N–H and O–H groups in total. The number of nitrogens with one attached hydrogen (secondary N) is 1. The molecule has 0 fully saturated rings. The SMILES string of the molecule is CCCOc1cc(C)ccc1NC(=O)C(C)Br. The summed E-state index contributed by atoms with van der Waals surface area (Å²) in [6.07, 6.45) is 0.941. The van der Waals surface area contributed by atoms with Crippen LogP contribution in [-0.2, 0) is 4.79 Å². The van der Waals surface area contributed by atoms with Crippen LogP contribution in [0.25, 0.3) is 0 Å². The van der Waals surface area contributed by atoms with Crippen molar-refractivity contribution >= 4 is 27.5 Å². The van der Waals surface area contributed by atoms with E-state index in [1.807, 2.05) is 25.1 Å². The third-order valence-corrected chi connectivity index (χ3v) is 2.63. The summed E-state index contributed by atoms with van der Waals surface area (Å²) in [5.74, 6) is 0.656. The maximum Gasteiger partial charge on any atom is 0.237 e. The van der Waals surface area contributed by atoms with E-state index in [2.05, 4.69) is 28.2 Å². The topological polar surface area (TPSA) is 38.3 Å². The minimum absolute atomic E-state index is 0.0739. The summed E-state index contributed by atoms with van der Waals surface area (Å²) in [4.78, 5) is 11.4. The highest BCUT2D eigenvalue weighted by atomic mass is 79.9. The summed E-state index contributed by atoms with van der Waals surface area (Å²) >= 11 is 3.24. The Morgan fingerprint density at radius 3 is 2.82 bits per heavy atom. The molecule has 1 unspecified atom stereocenters. The maximum absolute atomic E-state index is 11.6. The van der Waals surface area contributed by atoms with E-state index in [0.29, 0.717) is 6.61 Å². The lowest BCUT2D eigenvalue weighted by atomic mass is 10.2. The predicted molar refractivity (Wildman–Crippen MR) is 74.0 cm³/mol. The van der Waals surface area contributed by atoms with Gasteiger partial charge in [-0.25, -0.2) is 0 Å². The Morgan fingerprint density at radius 2 is 2.24 bits per heavy atom. The number of hydrogen-bond acceptors (Lipinski definition) is 2. The molecule has 94 valence electrons. The van der Waals surface area contributed by atoms with Crippen LogP contribution < -0.4 is 10.1 Å². The molecule has 1 atom stereocenters. The van der Waals surface area contributed by atoms with Crippen LogP contribution in [0.5, 0.6) is 5.75 Å². The Morgan fingerprint density at radius 1 is 1.53 bits per heavy atom. The molecule has 0 bridgehead atoms. The van der Waals surface area contributed by atoms with Crippen molar-refractivity contribution in [2.45, 2.75) is 32.0 Å². The number of anilines is 1. The number of amides is 1. The van der Waals surface area contributed by atoms with Crippen molar-refractivity contribution in [1.82, 2.24) is 0 Å². The first-order chi connectivity index (χ1) is 8.04. The summed E-state index contributed by atoms with van der Waals surface area (Å²) < 4.78 is 5.62. The minimum atomic E-state index is -0.220. The molecule has 0 aromatic heterocycles. The number of benzene rings is 1. The normalized spacial score (nSPS) is 12.0. The van der Waals surface area contributed by atoms with Crippen LogP contribution in [0.3, 0.4) is 0 Å². The smallest absolute Gasteiger partial charge is 0.237 e. The highest BCUT2D eigenvalue weighted by molar-refractivity contribution is 9.10. The third kappa shape index (κ3) is 4.38. The van der Waals surface area contributed by atoms with Crippen LogP contribution >= 0.6 is 15.9 Å². The molecule has 0 heterocycles. The summed E-state index contributed by atoms with van der Waals surface area (Å²) in [5, 5.41) is 2.84. The Kier molecular flexibility index (Phi) is 5.48. The molecule has 3 nitrogen and oxygen atoms in total. The second-order valence-electron chi connectivity index (χ2n) is 3.95. The molecule has 17 heavy (non-hydrogen) atoms. The summed E-state index contributed by atoms with van der Waals surface area (Å²) in [7, 11) is 0. The van der Waals surface area contributed by atoms with Gasteiger partial charge >= 0.3 is 0 Å². The van der Waals surface area contributed by atoms with Gasteiger partial charge in [0.2, 0.25) is 5.91 Å². The molecule has 0 aliphatic heterocycles. The standard InChI is InChI=1S/C13H18BrNO2/c1-4-7-17-12-8-9(2)5-6-11(12)15-13(16)10(3)14/h5-6,8,10H,4,7H2,1-3H3,(H,15,16). The fourth-order valence-electron chi connectivity index (χ4n) is 1.30. The minimum Gasteiger partial charge on any atom is -0.491 e. The zero-order valence-electron chi connectivity index (χ0n) is 10.4. The van der Waals surface area contributed by atoms with Gasteiger partial charge in [0.1, 0.15) is 5.75 Å². The van der Waals surface area contributed by atoms with Crippen LogP contribution in [0.4, 0.5) is 5.69 Å². The summed E-state index contributed by atoms with van der Waals surface area (Å²) in [5.41, 5.74) is 1.83. The highest BCUT2D eigenvalue weighted by Crippen LogP contribution is 2.26. The molecular formula is C13H18BrNO2. The predicted octanol–water partition coefficient (Wildman–Crippen LogP) is 3.51. The zero-order valence-corrected chi connectivity index (χ0v) is 12.0. The van der Waals surface area contributed by atoms with E-state index < -0.39 is 0 Å². The zero-order chi connectivity index (χ0) is 12.8. The van der Waals surface area contributed by atoms with Crippen molar-refractivity contribution in [2.75, 3.05) is 11.9 Å². The van der Waals surface area contributed by atoms with Gasteiger partial charge in [0.15, 0.2) is 0 Å². The lowest BCUT2D eigenvalue weighted by molar-refractivity contribution is -0.115. The first-order valence-corrected chi connectivity index (χ1v) is 6.64. The lowest BCUT2D eigenvalue weighted by Gasteiger charge is -2.13. The van der Waals surface area contributed by atoms with Crippen molar-refractivity contribution in [3.63, 3.8) is 0 Å². The van der Waals surface area contributed by atoms with E-state index in [4.69, 9.17) is 4.74 Å². The van der Waals surface area contributed by atoms with Gasteiger partial charge in [-0.3, -0.25) is 4.79 Å². The number of carbonyl (C=O) groups excluding carboxylic acids is 1. The number of aryl methyl sites for hydroxylation is 1. The summed E-state index contributed by atoms with van der Waals surface area (Å²) in [6.45, 7) is 6.48. The Hall–Kier alpha value is -1.03. The molecule has 0 radical (unpaired) electrons. The lowest BCUT2D eigenvalue weighted by Crippen LogP contribution is -2.20. The van der Waals surface area contributed by atoms with E-state index in [1.165, 1.54) is 0 Å². The van der Waals surface area contributed by atoms with Crippen molar-refractivity contribution < 1.29 is 9.53 Å². The number of ether oxygens (including phenoxy) is 1. The molecule has 0 aliphatic rings. The van der Waals surface area contributed by atoms with E-state index in [1.54, 1.807) is 6.92 Å². The van der Waals surface area contributed by atoms with Crippen molar-refractivity contribution in [1.29, 1.82) is 0 Å². The third-order valence-electron chi connectivity index (χ3n) is 2.22. The molecule has 0 spiro atoms. The van der Waals surface area contributed by atoms with E-state index >= 15 is 0 Å². The van der Waals surface area contributed by atoms with E-state index in [9.17, 15) is 4.79 Å². The molecule has 4 heteroatoms. The molecule has 1 amide bonds. The second kappa shape index (κ2) is 6.64. The highest BCUT2D eigenvalue weighted by Gasteiger charge is 2.12. The molecule has 0 saturated heterocycles. The van der Waals surface area contributed by atoms with Gasteiger partial charge in [-0.2, -0.15) is 0 Å². The first-order valence-electron chi connectivity index (χ1n) is 5.73. The van der Waals surface area contributed by atoms with Crippen molar-refractivity contribution in [3.05, 3.63) is 23.8 Å². The summed E-state index contributed by atoms with van der Waals surface area (Å²) in [6, 6.07) is 5.76. The number of halogens is 1.